The molecule has 0 unspecified atom stereocenters. The van der Waals surface area contributed by atoms with E-state index < -0.39 is 17.7 Å². The summed E-state index contributed by atoms with van der Waals surface area (Å²) in [6.45, 7) is 0. The van der Waals surface area contributed by atoms with Gasteiger partial charge in [0.1, 0.15) is 11.5 Å². The molecule has 8 nitrogen and oxygen atoms in total. The summed E-state index contributed by atoms with van der Waals surface area (Å²) in [5, 5.41) is 10.2. The molecule has 1 fully saturated rings. The zero-order chi connectivity index (χ0) is 23.5. The van der Waals surface area contributed by atoms with Crippen LogP contribution >= 0.6 is 0 Å². The van der Waals surface area contributed by atoms with Crippen LogP contribution in [0, 0.1) is 23.1 Å². The van der Waals surface area contributed by atoms with Crippen molar-refractivity contribution in [3.05, 3.63) is 66.0 Å². The van der Waals surface area contributed by atoms with Gasteiger partial charge in [0.05, 0.1) is 29.2 Å². The molecule has 0 bridgehead atoms. The normalized spacial score (nSPS) is 15.3. The summed E-state index contributed by atoms with van der Waals surface area (Å²) in [6, 6.07) is 9.48. The number of nitrogens with zero attached hydrogens (tertiary/aromatic N) is 4. The van der Waals surface area contributed by atoms with E-state index in [-0.39, 0.29) is 30.5 Å². The molecule has 32 heavy (non-hydrogen) atoms. The molecule has 0 saturated heterocycles. The van der Waals surface area contributed by atoms with Crippen molar-refractivity contribution in [2.75, 3.05) is 5.01 Å². The molecule has 0 aliphatic heterocycles. The lowest BCUT2D eigenvalue weighted by molar-refractivity contribution is -0.107. The van der Waals surface area contributed by atoms with E-state index in [0.29, 0.717) is 22.6 Å². The number of primary amides is 1. The monoisotopic (exact) mass is 443 g/mol. The average molecular weight is 443 g/mol. The molecule has 2 heterocycles. The molecule has 6 N–H and O–H groups in total. The highest BCUT2D eigenvalue weighted by Crippen LogP contribution is 2.44. The number of alkyl halides is 2. The van der Waals surface area contributed by atoms with Gasteiger partial charge in [0, 0.05) is 42.4 Å². The standard InChI is InChI=1S/C20H17F3N6.CH3NO/c21-16-2-1-14(29(26)11-17(25)13-7-20(22,23)8-13)6-15(16)18-10-27-19-5-12(9-24)3-4-28(18)19;2-1-3/h1-6,10-11,13H,7-8,25-26H2;1H,(H2,2,3)/b17-11-;. The number of allylic oxidation sites excluding steroid dienone is 1. The second kappa shape index (κ2) is 8.99. The third-order valence-electron chi connectivity index (χ3n) is 5.02. The van der Waals surface area contributed by atoms with Crippen LogP contribution < -0.4 is 22.3 Å². The van der Waals surface area contributed by atoms with Gasteiger partial charge in [-0.15, -0.1) is 0 Å². The number of fused-ring (bicyclic) bond motifs is 1. The van der Waals surface area contributed by atoms with Crippen molar-refractivity contribution >= 4 is 17.7 Å². The zero-order valence-corrected chi connectivity index (χ0v) is 16.8. The first-order chi connectivity index (χ1) is 15.2. The third-order valence-corrected chi connectivity index (χ3v) is 5.02. The molecule has 1 saturated carbocycles. The molecule has 2 aromatic heterocycles. The predicted molar refractivity (Wildman–Crippen MR) is 112 cm³/mol. The molecule has 0 radical (unpaired) electrons. The zero-order valence-electron chi connectivity index (χ0n) is 16.8. The topological polar surface area (TPSA) is 139 Å². The number of carbonyl (C=O) groups excluding carboxylic acids is 1. The van der Waals surface area contributed by atoms with Crippen molar-refractivity contribution in [2.24, 2.45) is 23.2 Å². The third kappa shape index (κ3) is 4.65. The molecule has 1 aliphatic rings. The largest absolute Gasteiger partial charge is 0.401 e. The lowest BCUT2D eigenvalue weighted by atomic mass is 9.79. The lowest BCUT2D eigenvalue weighted by Gasteiger charge is -2.35. The molecule has 166 valence electrons. The summed E-state index contributed by atoms with van der Waals surface area (Å²) in [4.78, 5) is 12.8. The van der Waals surface area contributed by atoms with Gasteiger partial charge >= 0.3 is 0 Å². The number of anilines is 1. The Morgan fingerprint density at radius 1 is 1.31 bits per heavy atom. The number of nitrogens with two attached hydrogens (primary N) is 3. The number of imidazole rings is 1. The number of aromatic nitrogens is 2. The predicted octanol–water partition coefficient (Wildman–Crippen LogP) is 2.64. The summed E-state index contributed by atoms with van der Waals surface area (Å²) in [5.74, 6) is 2.42. The molecule has 3 aromatic rings. The van der Waals surface area contributed by atoms with E-state index in [1.165, 1.54) is 35.6 Å². The quantitative estimate of drug-likeness (QED) is 0.322. The molecule has 1 aliphatic carbocycles. The van der Waals surface area contributed by atoms with Crippen molar-refractivity contribution in [2.45, 2.75) is 18.8 Å². The molecule has 1 aromatic carbocycles. The fraction of sp³-hybridized carbons (Fsp3) is 0.190. The van der Waals surface area contributed by atoms with Crippen molar-refractivity contribution in [3.63, 3.8) is 0 Å². The fourth-order valence-electron chi connectivity index (χ4n) is 3.36. The van der Waals surface area contributed by atoms with Gasteiger partial charge in [-0.25, -0.2) is 24.0 Å². The van der Waals surface area contributed by atoms with Crippen LogP contribution in [0.25, 0.3) is 16.9 Å². The summed E-state index contributed by atoms with van der Waals surface area (Å²) in [7, 11) is 0. The van der Waals surface area contributed by atoms with Gasteiger partial charge in [0.2, 0.25) is 12.3 Å². The summed E-state index contributed by atoms with van der Waals surface area (Å²) >= 11 is 0. The molecule has 0 atom stereocenters. The lowest BCUT2D eigenvalue weighted by Crippen LogP contribution is -2.39. The van der Waals surface area contributed by atoms with Crippen LogP contribution in [0.3, 0.4) is 0 Å². The SMILES string of the molecule is N#Cc1ccn2c(-c3cc(N(N)/C=C(\N)C4CC(F)(F)C4)ccc3F)cnc2c1.NC=O. The van der Waals surface area contributed by atoms with Crippen molar-refractivity contribution in [1.29, 1.82) is 5.26 Å². The number of benzene rings is 1. The highest BCUT2D eigenvalue weighted by molar-refractivity contribution is 5.69. The average Bonchev–Trinajstić information content (AvgIpc) is 3.15. The van der Waals surface area contributed by atoms with E-state index in [9.17, 15) is 13.2 Å². The Labute approximate surface area is 181 Å². The minimum absolute atomic E-state index is 0.248. The maximum absolute atomic E-state index is 14.5. The minimum atomic E-state index is -2.68. The summed E-state index contributed by atoms with van der Waals surface area (Å²) < 4.78 is 42.3. The van der Waals surface area contributed by atoms with Crippen LogP contribution in [0.15, 0.2) is 54.6 Å². The molecule has 1 amide bonds. The van der Waals surface area contributed by atoms with E-state index in [1.807, 2.05) is 6.07 Å². The molecule has 0 spiro atoms. The van der Waals surface area contributed by atoms with Crippen LogP contribution in [-0.4, -0.2) is 21.7 Å². The number of nitriles is 1. The van der Waals surface area contributed by atoms with Gasteiger partial charge in [0.15, 0.2) is 0 Å². The number of halogens is 3. The van der Waals surface area contributed by atoms with Gasteiger partial charge in [-0.2, -0.15) is 5.26 Å². The molecule has 4 rings (SSSR count). The summed E-state index contributed by atoms with van der Waals surface area (Å²) in [5.41, 5.74) is 12.4. The minimum Gasteiger partial charge on any atom is -0.401 e. The van der Waals surface area contributed by atoms with E-state index in [1.54, 1.807) is 22.7 Å². The Bertz CT molecular complexity index is 1210. The smallest absolute Gasteiger partial charge is 0.249 e. The van der Waals surface area contributed by atoms with E-state index in [0.717, 1.165) is 0 Å². The first-order valence-corrected chi connectivity index (χ1v) is 9.40. The van der Waals surface area contributed by atoms with Crippen LogP contribution in [0.5, 0.6) is 0 Å². The van der Waals surface area contributed by atoms with Crippen molar-refractivity contribution in [3.8, 4) is 17.3 Å². The Kier molecular flexibility index (Phi) is 6.36. The van der Waals surface area contributed by atoms with Gasteiger partial charge in [-0.3, -0.25) is 14.2 Å². The summed E-state index contributed by atoms with van der Waals surface area (Å²) in [6.07, 6.45) is 4.16. The van der Waals surface area contributed by atoms with E-state index in [4.69, 9.17) is 21.6 Å². The number of hydrogen-bond acceptors (Lipinski definition) is 6. The Morgan fingerprint density at radius 3 is 2.62 bits per heavy atom. The number of pyridine rings is 1. The van der Waals surface area contributed by atoms with Crippen LogP contribution in [0.1, 0.15) is 18.4 Å². The van der Waals surface area contributed by atoms with Crippen LogP contribution in [0.2, 0.25) is 0 Å². The van der Waals surface area contributed by atoms with Crippen LogP contribution in [0.4, 0.5) is 18.9 Å². The first kappa shape index (κ1) is 22.6. The van der Waals surface area contributed by atoms with Crippen molar-refractivity contribution < 1.29 is 18.0 Å². The second-order valence-electron chi connectivity index (χ2n) is 7.20. The Balaban J connectivity index is 0.000000913. The first-order valence-electron chi connectivity index (χ1n) is 9.40. The second-order valence-corrected chi connectivity index (χ2v) is 7.20. The maximum atomic E-state index is 14.5. The van der Waals surface area contributed by atoms with Gasteiger partial charge in [-0.1, -0.05) is 0 Å². The highest BCUT2D eigenvalue weighted by atomic mass is 19.3. The molecular formula is C21H20F3N7O. The fourth-order valence-corrected chi connectivity index (χ4v) is 3.36. The Hall–Kier alpha value is -4.04. The number of hydrogen-bond donors (Lipinski definition) is 3. The number of amides is 1. The van der Waals surface area contributed by atoms with Crippen molar-refractivity contribution in [1.82, 2.24) is 9.38 Å². The maximum Gasteiger partial charge on any atom is 0.249 e. The highest BCUT2D eigenvalue weighted by Gasteiger charge is 2.46. The van der Waals surface area contributed by atoms with Gasteiger partial charge in [-0.05, 0) is 30.3 Å². The Morgan fingerprint density at radius 2 is 2.00 bits per heavy atom. The number of carbonyl (C=O) groups is 1. The van der Waals surface area contributed by atoms with E-state index in [2.05, 4.69) is 10.7 Å². The van der Waals surface area contributed by atoms with Gasteiger partial charge in [0.25, 0.3) is 0 Å². The number of rotatable bonds is 4. The molecule has 11 heteroatoms. The van der Waals surface area contributed by atoms with Crippen LogP contribution in [-0.2, 0) is 4.79 Å². The number of hydrazine groups is 1. The molecular weight excluding hydrogens is 423 g/mol. The van der Waals surface area contributed by atoms with E-state index >= 15 is 0 Å². The van der Waals surface area contributed by atoms with Gasteiger partial charge < -0.3 is 11.5 Å².